The molecule has 0 spiro atoms. The van der Waals surface area contributed by atoms with Gasteiger partial charge in [0.2, 0.25) is 0 Å². The van der Waals surface area contributed by atoms with Crippen LogP contribution in [-0.4, -0.2) is 30.6 Å². The van der Waals surface area contributed by atoms with E-state index < -0.39 is 0 Å². The number of aliphatic hydroxyl groups excluding tert-OH is 1. The van der Waals surface area contributed by atoms with E-state index in [4.69, 9.17) is 0 Å². The number of allylic oxidation sites excluding steroid dienone is 2. The number of ketones is 1. The highest BCUT2D eigenvalue weighted by Crippen LogP contribution is 2.67. The van der Waals surface area contributed by atoms with Crippen molar-refractivity contribution in [1.29, 1.82) is 0 Å². The van der Waals surface area contributed by atoms with Gasteiger partial charge in [-0.15, -0.1) is 0 Å². The molecular weight excluding hydrogens is 370 g/mol. The quantitative estimate of drug-likeness (QED) is 0.641. The highest BCUT2D eigenvalue weighted by Gasteiger charge is 2.62. The molecular formula is C27H43NO2. The minimum Gasteiger partial charge on any atom is -0.396 e. The number of Topliss-reactive ketones (excluding diaryl/α,β-unsaturated/α-hetero) is 1. The van der Waals surface area contributed by atoms with Crippen molar-refractivity contribution in [1.82, 2.24) is 5.32 Å². The van der Waals surface area contributed by atoms with Gasteiger partial charge in [0.1, 0.15) is 5.78 Å². The number of hydrogen-bond donors (Lipinski definition) is 2. The van der Waals surface area contributed by atoms with Crippen LogP contribution in [-0.2, 0) is 4.79 Å². The number of aliphatic hydroxyl groups is 1. The molecule has 5 fully saturated rings. The van der Waals surface area contributed by atoms with Gasteiger partial charge in [0.05, 0.1) is 0 Å². The maximum atomic E-state index is 12.7. The monoisotopic (exact) mass is 413 g/mol. The highest BCUT2D eigenvalue weighted by atomic mass is 16.3. The zero-order valence-corrected chi connectivity index (χ0v) is 19.2. The van der Waals surface area contributed by atoms with Crippen molar-refractivity contribution in [3.05, 3.63) is 12.2 Å². The number of carbonyl (C=O) groups is 1. The molecule has 1 saturated heterocycles. The summed E-state index contributed by atoms with van der Waals surface area (Å²) in [5.41, 5.74) is 0.328. The number of piperidine rings is 1. The fraction of sp³-hybridized carbons (Fsp3) is 0.889. The summed E-state index contributed by atoms with van der Waals surface area (Å²) in [7, 11) is 0. The minimum atomic E-state index is -0.0907. The first-order valence-electron chi connectivity index (χ1n) is 13.0. The zero-order valence-electron chi connectivity index (χ0n) is 19.2. The van der Waals surface area contributed by atoms with E-state index in [2.05, 4.69) is 31.3 Å². The maximum Gasteiger partial charge on any atom is 0.139 e. The first kappa shape index (κ1) is 21.2. The standard InChI is InChI=1S/C27H43NO2/c1-26-11-7-19(4-3-18-9-13-28-14-10-18)15-21(26)16-20(17-29)25-22-5-6-24(30)27(22,2)12-8-23(25)26/h3-4,18-23,25,28-29H,5-17H2,1-2H3/t19-,20+,21?,22+,23+,25+,26+,27+/m1/s1. The smallest absolute Gasteiger partial charge is 0.139 e. The average molecular weight is 414 g/mol. The van der Waals surface area contributed by atoms with Gasteiger partial charge in [0.25, 0.3) is 0 Å². The molecule has 0 amide bonds. The summed E-state index contributed by atoms with van der Waals surface area (Å²) in [5.74, 6) is 4.99. The Morgan fingerprint density at radius 2 is 1.73 bits per heavy atom. The van der Waals surface area contributed by atoms with E-state index in [1.165, 1.54) is 58.0 Å². The second-order valence-electron chi connectivity index (χ2n) is 12.1. The summed E-state index contributed by atoms with van der Waals surface area (Å²) in [6.45, 7) is 7.52. The Kier molecular flexibility index (Phi) is 5.67. The lowest BCUT2D eigenvalue weighted by atomic mass is 9.42. The fourth-order valence-corrected chi connectivity index (χ4v) is 8.95. The van der Waals surface area contributed by atoms with E-state index in [-0.39, 0.29) is 5.41 Å². The molecule has 0 bridgehead atoms. The lowest BCUT2D eigenvalue weighted by molar-refractivity contribution is -0.154. The molecule has 1 aliphatic heterocycles. The Balaban J connectivity index is 1.33. The van der Waals surface area contributed by atoms with E-state index in [0.717, 1.165) is 37.0 Å². The topological polar surface area (TPSA) is 49.3 Å². The SMILES string of the molecule is C[C@]12CC[C@@H](C=CC3CCNCC3)CC1C[C@@H](CO)[C@@H]1[C@@H]2CC[C@]2(C)C(=O)CC[C@@H]12. The number of carbonyl (C=O) groups excluding carboxylic acids is 1. The Hall–Kier alpha value is -0.670. The van der Waals surface area contributed by atoms with Gasteiger partial charge >= 0.3 is 0 Å². The molecule has 0 aromatic rings. The van der Waals surface area contributed by atoms with Gasteiger partial charge in [-0.1, -0.05) is 26.0 Å². The summed E-state index contributed by atoms with van der Waals surface area (Å²) in [6, 6.07) is 0. The van der Waals surface area contributed by atoms with Crippen LogP contribution in [0.25, 0.3) is 0 Å². The Morgan fingerprint density at radius 3 is 2.50 bits per heavy atom. The van der Waals surface area contributed by atoms with Crippen molar-refractivity contribution >= 4 is 5.78 Å². The van der Waals surface area contributed by atoms with E-state index >= 15 is 0 Å². The molecule has 3 heteroatoms. The second kappa shape index (κ2) is 8.03. The largest absolute Gasteiger partial charge is 0.396 e. The van der Waals surface area contributed by atoms with E-state index in [1.807, 2.05) is 0 Å². The van der Waals surface area contributed by atoms with Gasteiger partial charge in [0.15, 0.2) is 0 Å². The molecule has 8 atom stereocenters. The van der Waals surface area contributed by atoms with E-state index in [9.17, 15) is 9.90 Å². The molecule has 0 radical (unpaired) electrons. The molecule has 30 heavy (non-hydrogen) atoms. The molecule has 3 nitrogen and oxygen atoms in total. The van der Waals surface area contributed by atoms with Crippen LogP contribution in [0.3, 0.4) is 0 Å². The molecule has 4 aliphatic carbocycles. The van der Waals surface area contributed by atoms with E-state index in [1.54, 1.807) is 0 Å². The molecule has 5 rings (SSSR count). The Labute approximate surface area is 183 Å². The molecule has 0 aromatic carbocycles. The first-order valence-corrected chi connectivity index (χ1v) is 13.0. The Morgan fingerprint density at radius 1 is 0.967 bits per heavy atom. The normalized spacial score (nSPS) is 49.6. The van der Waals surface area contributed by atoms with Crippen LogP contribution in [0.4, 0.5) is 0 Å². The van der Waals surface area contributed by atoms with Crippen LogP contribution in [0.1, 0.15) is 78.1 Å². The molecule has 5 aliphatic rings. The number of fused-ring (bicyclic) bond motifs is 5. The third-order valence-electron chi connectivity index (χ3n) is 10.9. The fourth-order valence-electron chi connectivity index (χ4n) is 8.95. The summed E-state index contributed by atoms with van der Waals surface area (Å²) in [4.78, 5) is 12.7. The molecule has 4 saturated carbocycles. The van der Waals surface area contributed by atoms with Crippen molar-refractivity contribution < 1.29 is 9.90 Å². The predicted molar refractivity (Wildman–Crippen MR) is 121 cm³/mol. The zero-order chi connectivity index (χ0) is 20.9. The molecule has 0 aromatic heterocycles. The van der Waals surface area contributed by atoms with Gasteiger partial charge in [-0.25, -0.2) is 0 Å². The van der Waals surface area contributed by atoms with Crippen LogP contribution in [0.15, 0.2) is 12.2 Å². The molecule has 2 N–H and O–H groups in total. The minimum absolute atomic E-state index is 0.0907. The number of rotatable bonds is 3. The Bertz CT molecular complexity index is 682. The molecule has 168 valence electrons. The molecule has 1 heterocycles. The summed E-state index contributed by atoms with van der Waals surface area (Å²) >= 11 is 0. The van der Waals surface area contributed by atoms with Gasteiger partial charge in [-0.05, 0) is 118 Å². The van der Waals surface area contributed by atoms with Gasteiger partial charge in [-0.2, -0.15) is 0 Å². The van der Waals surface area contributed by atoms with Crippen LogP contribution in [0.5, 0.6) is 0 Å². The number of nitrogens with one attached hydrogen (secondary N) is 1. The summed E-state index contributed by atoms with van der Waals surface area (Å²) in [5, 5.41) is 13.9. The third-order valence-corrected chi connectivity index (χ3v) is 10.9. The van der Waals surface area contributed by atoms with Crippen molar-refractivity contribution in [2.75, 3.05) is 19.7 Å². The lowest BCUT2D eigenvalue weighted by Crippen LogP contribution is -2.57. The van der Waals surface area contributed by atoms with Crippen molar-refractivity contribution in [3.63, 3.8) is 0 Å². The lowest BCUT2D eigenvalue weighted by Gasteiger charge is -2.62. The predicted octanol–water partition coefficient (Wildman–Crippen LogP) is 4.99. The van der Waals surface area contributed by atoms with Gasteiger partial charge in [0, 0.05) is 18.4 Å². The maximum absolute atomic E-state index is 12.7. The molecule has 1 unspecified atom stereocenters. The average Bonchev–Trinajstić information content (AvgIpc) is 3.07. The van der Waals surface area contributed by atoms with Crippen molar-refractivity contribution in [2.24, 2.45) is 52.3 Å². The second-order valence-corrected chi connectivity index (χ2v) is 12.1. The third kappa shape index (κ3) is 3.34. The van der Waals surface area contributed by atoms with Crippen molar-refractivity contribution in [3.8, 4) is 0 Å². The van der Waals surface area contributed by atoms with E-state index in [0.29, 0.717) is 41.5 Å². The van der Waals surface area contributed by atoms with Gasteiger partial charge < -0.3 is 10.4 Å². The summed E-state index contributed by atoms with van der Waals surface area (Å²) in [6.07, 6.45) is 17.0. The highest BCUT2D eigenvalue weighted by molar-refractivity contribution is 5.87. The van der Waals surface area contributed by atoms with Crippen LogP contribution < -0.4 is 5.32 Å². The van der Waals surface area contributed by atoms with Crippen LogP contribution >= 0.6 is 0 Å². The van der Waals surface area contributed by atoms with Crippen LogP contribution in [0.2, 0.25) is 0 Å². The summed E-state index contributed by atoms with van der Waals surface area (Å²) < 4.78 is 0. The van der Waals surface area contributed by atoms with Gasteiger partial charge in [-0.3, -0.25) is 4.79 Å². The van der Waals surface area contributed by atoms with Crippen molar-refractivity contribution in [2.45, 2.75) is 78.1 Å². The first-order chi connectivity index (χ1) is 14.5. The van der Waals surface area contributed by atoms with Crippen LogP contribution in [0, 0.1) is 52.3 Å². The number of hydrogen-bond acceptors (Lipinski definition) is 3.